The van der Waals surface area contributed by atoms with Crippen LogP contribution < -0.4 is 0 Å². The molecule has 16 heavy (non-hydrogen) atoms. The summed E-state index contributed by atoms with van der Waals surface area (Å²) in [6.45, 7) is 4.02. The average Bonchev–Trinajstić information content (AvgIpc) is 2.26. The Bertz CT molecular complexity index is 431. The maximum absolute atomic E-state index is 11.8. The zero-order chi connectivity index (χ0) is 12.3. The maximum Gasteiger partial charge on any atom is 0.363 e. The van der Waals surface area contributed by atoms with E-state index in [9.17, 15) is 14.9 Å². The Hall–Kier alpha value is -1.98. The number of aromatic nitrogens is 1. The van der Waals surface area contributed by atoms with Crippen LogP contribution in [-0.2, 0) is 0 Å². The van der Waals surface area contributed by atoms with Crippen LogP contribution in [0.3, 0.4) is 0 Å². The monoisotopic (exact) mass is 223 g/mol. The minimum Gasteiger partial charge on any atom is -0.358 e. The summed E-state index contributed by atoms with van der Waals surface area (Å²) in [5.41, 5.74) is 0.773. The second kappa shape index (κ2) is 4.69. The van der Waals surface area contributed by atoms with Crippen molar-refractivity contribution < 1.29 is 9.72 Å². The lowest BCUT2D eigenvalue weighted by molar-refractivity contribution is -0.389. The van der Waals surface area contributed by atoms with Gasteiger partial charge in [0, 0.05) is 26.6 Å². The summed E-state index contributed by atoms with van der Waals surface area (Å²) in [4.78, 5) is 27.0. The third kappa shape index (κ3) is 2.33. The number of pyridine rings is 1. The molecule has 0 atom stereocenters. The molecule has 0 unspecified atom stereocenters. The van der Waals surface area contributed by atoms with Crippen molar-refractivity contribution >= 4 is 11.7 Å². The summed E-state index contributed by atoms with van der Waals surface area (Å²) >= 11 is 0. The van der Waals surface area contributed by atoms with Gasteiger partial charge in [-0.3, -0.25) is 4.79 Å². The third-order valence-corrected chi connectivity index (χ3v) is 2.31. The van der Waals surface area contributed by atoms with E-state index in [0.29, 0.717) is 17.8 Å². The molecular weight excluding hydrogens is 210 g/mol. The van der Waals surface area contributed by atoms with Crippen molar-refractivity contribution in [2.75, 3.05) is 13.6 Å². The first kappa shape index (κ1) is 12.1. The van der Waals surface area contributed by atoms with Gasteiger partial charge in [0.1, 0.15) is 0 Å². The van der Waals surface area contributed by atoms with Gasteiger partial charge in [-0.25, -0.2) is 0 Å². The normalized spacial score (nSPS) is 9.94. The quantitative estimate of drug-likeness (QED) is 0.573. The molecule has 0 bridgehead atoms. The summed E-state index contributed by atoms with van der Waals surface area (Å²) < 4.78 is 0. The van der Waals surface area contributed by atoms with Crippen molar-refractivity contribution in [1.29, 1.82) is 0 Å². The van der Waals surface area contributed by atoms with Gasteiger partial charge in [-0.05, 0) is 22.9 Å². The lowest BCUT2D eigenvalue weighted by atomic mass is 10.2. The Balaban J connectivity index is 3.08. The number of aryl methyl sites for hydroxylation is 1. The van der Waals surface area contributed by atoms with Crippen LogP contribution in [0.25, 0.3) is 0 Å². The zero-order valence-electron chi connectivity index (χ0n) is 9.43. The minimum atomic E-state index is -0.579. The van der Waals surface area contributed by atoms with Crippen molar-refractivity contribution in [3.8, 4) is 0 Å². The Morgan fingerprint density at radius 1 is 1.56 bits per heavy atom. The van der Waals surface area contributed by atoms with Gasteiger partial charge in [-0.2, -0.15) is 0 Å². The van der Waals surface area contributed by atoms with E-state index in [4.69, 9.17) is 0 Å². The maximum atomic E-state index is 11.8. The van der Waals surface area contributed by atoms with Crippen LogP contribution in [0.2, 0.25) is 0 Å². The topological polar surface area (TPSA) is 76.3 Å². The molecule has 0 spiro atoms. The molecule has 0 aliphatic rings. The van der Waals surface area contributed by atoms with Gasteiger partial charge >= 0.3 is 5.82 Å². The fraction of sp³-hybridized carbons (Fsp3) is 0.400. The SMILES string of the molecule is CCN(C)C(=O)c1ccc([N+](=O)[O-])nc1C. The number of carbonyl (C=O) groups is 1. The van der Waals surface area contributed by atoms with Gasteiger partial charge in [-0.15, -0.1) is 0 Å². The summed E-state index contributed by atoms with van der Waals surface area (Å²) in [6.07, 6.45) is 0. The van der Waals surface area contributed by atoms with Crippen molar-refractivity contribution in [1.82, 2.24) is 9.88 Å². The predicted molar refractivity (Wildman–Crippen MR) is 58.3 cm³/mol. The lowest BCUT2D eigenvalue weighted by Crippen LogP contribution is -2.27. The van der Waals surface area contributed by atoms with E-state index in [1.807, 2.05) is 6.92 Å². The van der Waals surface area contributed by atoms with Gasteiger partial charge in [0.25, 0.3) is 5.91 Å². The van der Waals surface area contributed by atoms with E-state index in [0.717, 1.165) is 0 Å². The van der Waals surface area contributed by atoms with Gasteiger partial charge in [0.05, 0.1) is 5.56 Å². The van der Waals surface area contributed by atoms with Crippen LogP contribution in [0.15, 0.2) is 12.1 Å². The molecule has 0 aromatic carbocycles. The smallest absolute Gasteiger partial charge is 0.358 e. The predicted octanol–water partition coefficient (Wildman–Crippen LogP) is 1.39. The fourth-order valence-corrected chi connectivity index (χ4v) is 1.22. The molecule has 86 valence electrons. The lowest BCUT2D eigenvalue weighted by Gasteiger charge is -2.14. The van der Waals surface area contributed by atoms with Crippen LogP contribution in [0.4, 0.5) is 5.82 Å². The van der Waals surface area contributed by atoms with Crippen molar-refractivity contribution in [2.24, 2.45) is 0 Å². The number of nitro groups is 1. The standard InChI is InChI=1S/C10H13N3O3/c1-4-12(3)10(14)8-5-6-9(13(15)16)11-7(8)2/h5-6H,4H2,1-3H3. The van der Waals surface area contributed by atoms with Gasteiger partial charge in [0.2, 0.25) is 0 Å². The number of nitrogens with zero attached hydrogens (tertiary/aromatic N) is 3. The molecular formula is C10H13N3O3. The zero-order valence-corrected chi connectivity index (χ0v) is 9.43. The summed E-state index contributed by atoms with van der Waals surface area (Å²) in [5.74, 6) is -0.421. The number of rotatable bonds is 3. The minimum absolute atomic E-state index is 0.178. The van der Waals surface area contributed by atoms with E-state index in [1.165, 1.54) is 17.0 Å². The van der Waals surface area contributed by atoms with Crippen LogP contribution >= 0.6 is 0 Å². The molecule has 6 heteroatoms. The largest absolute Gasteiger partial charge is 0.363 e. The van der Waals surface area contributed by atoms with Crippen LogP contribution in [-0.4, -0.2) is 34.3 Å². The Morgan fingerprint density at radius 3 is 2.62 bits per heavy atom. The Kier molecular flexibility index (Phi) is 3.55. The molecule has 1 aromatic rings. The average molecular weight is 223 g/mol. The highest BCUT2D eigenvalue weighted by molar-refractivity contribution is 5.95. The number of hydrogen-bond acceptors (Lipinski definition) is 4. The van der Waals surface area contributed by atoms with E-state index < -0.39 is 4.92 Å². The highest BCUT2D eigenvalue weighted by Gasteiger charge is 2.18. The Morgan fingerprint density at radius 2 is 2.19 bits per heavy atom. The first-order chi connectivity index (χ1) is 7.47. The van der Waals surface area contributed by atoms with Gasteiger partial charge in [-0.1, -0.05) is 0 Å². The number of amides is 1. The molecule has 1 aromatic heterocycles. The second-order valence-electron chi connectivity index (χ2n) is 3.38. The first-order valence-corrected chi connectivity index (χ1v) is 4.84. The van der Waals surface area contributed by atoms with E-state index >= 15 is 0 Å². The van der Waals surface area contributed by atoms with Crippen LogP contribution in [0.1, 0.15) is 23.0 Å². The van der Waals surface area contributed by atoms with Crippen LogP contribution in [0.5, 0.6) is 0 Å². The molecule has 0 saturated carbocycles. The molecule has 0 N–H and O–H groups in total. The first-order valence-electron chi connectivity index (χ1n) is 4.84. The van der Waals surface area contributed by atoms with Crippen molar-refractivity contribution in [3.05, 3.63) is 33.5 Å². The summed E-state index contributed by atoms with van der Waals surface area (Å²) in [7, 11) is 1.67. The fourth-order valence-electron chi connectivity index (χ4n) is 1.22. The highest BCUT2D eigenvalue weighted by atomic mass is 16.6. The van der Waals surface area contributed by atoms with Crippen LogP contribution in [0, 0.1) is 17.0 Å². The van der Waals surface area contributed by atoms with Crippen molar-refractivity contribution in [3.63, 3.8) is 0 Å². The van der Waals surface area contributed by atoms with Gasteiger partial charge in [0.15, 0.2) is 5.69 Å². The molecule has 0 aliphatic carbocycles. The molecule has 0 fully saturated rings. The molecule has 1 amide bonds. The van der Waals surface area contributed by atoms with E-state index in [1.54, 1.807) is 14.0 Å². The Labute approximate surface area is 93.1 Å². The third-order valence-electron chi connectivity index (χ3n) is 2.31. The van der Waals surface area contributed by atoms with E-state index in [-0.39, 0.29) is 11.7 Å². The molecule has 6 nitrogen and oxygen atoms in total. The summed E-state index contributed by atoms with van der Waals surface area (Å²) in [6, 6.07) is 2.68. The molecule has 0 aliphatic heterocycles. The number of hydrogen-bond donors (Lipinski definition) is 0. The van der Waals surface area contributed by atoms with E-state index in [2.05, 4.69) is 4.98 Å². The highest BCUT2D eigenvalue weighted by Crippen LogP contribution is 2.13. The number of carbonyl (C=O) groups excluding carboxylic acids is 1. The second-order valence-corrected chi connectivity index (χ2v) is 3.38. The molecule has 0 radical (unpaired) electrons. The van der Waals surface area contributed by atoms with Crippen molar-refractivity contribution in [2.45, 2.75) is 13.8 Å². The molecule has 1 rings (SSSR count). The molecule has 0 saturated heterocycles. The molecule has 1 heterocycles. The van der Waals surface area contributed by atoms with Gasteiger partial charge < -0.3 is 15.0 Å². The summed E-state index contributed by atoms with van der Waals surface area (Å²) in [5, 5.41) is 10.5.